The smallest absolute Gasteiger partial charge is 0.0822 e. The minimum absolute atomic E-state index is 0.608. The Morgan fingerprint density at radius 3 is 2.89 bits per heavy atom. The Labute approximate surface area is 52.5 Å². The first-order chi connectivity index (χ1) is 4.34. The third-order valence-corrected chi connectivity index (χ3v) is 0.963. The third-order valence-electron chi connectivity index (χ3n) is 0.963. The number of aromatic amines is 1. The van der Waals surface area contributed by atoms with Gasteiger partial charge >= 0.3 is 0 Å². The molecule has 0 fully saturated rings. The van der Waals surface area contributed by atoms with E-state index in [1.807, 2.05) is 0 Å². The first-order valence-corrected chi connectivity index (χ1v) is 2.51. The first-order valence-electron chi connectivity index (χ1n) is 2.51. The number of nitrogens with two attached hydrogens (primary N) is 2. The van der Waals surface area contributed by atoms with Crippen LogP contribution in [0.3, 0.4) is 0 Å². The Morgan fingerprint density at radius 2 is 2.44 bits per heavy atom. The van der Waals surface area contributed by atoms with Gasteiger partial charge < -0.3 is 11.5 Å². The maximum Gasteiger partial charge on any atom is 0.0822 e. The molecule has 0 atom stereocenters. The third kappa shape index (κ3) is 1.02. The molecule has 4 heteroatoms. The van der Waals surface area contributed by atoms with Gasteiger partial charge in [-0.2, -0.15) is 5.10 Å². The zero-order valence-electron chi connectivity index (χ0n) is 4.83. The number of nitrogen functional groups attached to an aromatic ring is 1. The molecule has 1 heterocycles. The lowest BCUT2D eigenvalue weighted by Gasteiger charge is -1.84. The summed E-state index contributed by atoms with van der Waals surface area (Å²) in [4.78, 5) is 0. The molecule has 0 bridgehead atoms. The van der Waals surface area contributed by atoms with E-state index in [2.05, 4.69) is 10.2 Å². The number of hydrogen-bond acceptors (Lipinski definition) is 3. The highest BCUT2D eigenvalue weighted by Gasteiger charge is 1.92. The molecule has 0 aliphatic heterocycles. The number of anilines is 1. The summed E-state index contributed by atoms with van der Waals surface area (Å²) in [5.74, 6) is 0. The molecule has 0 amide bonds. The molecule has 0 unspecified atom stereocenters. The Hall–Kier alpha value is -1.45. The van der Waals surface area contributed by atoms with Gasteiger partial charge in [0.1, 0.15) is 0 Å². The van der Waals surface area contributed by atoms with Crippen LogP contribution in [0.5, 0.6) is 0 Å². The van der Waals surface area contributed by atoms with Crippen LogP contribution < -0.4 is 11.5 Å². The van der Waals surface area contributed by atoms with Crippen molar-refractivity contribution in [1.29, 1.82) is 0 Å². The second-order valence-corrected chi connectivity index (χ2v) is 1.60. The van der Waals surface area contributed by atoms with E-state index in [-0.39, 0.29) is 0 Å². The van der Waals surface area contributed by atoms with Crippen molar-refractivity contribution in [3.05, 3.63) is 18.1 Å². The fourth-order valence-corrected chi connectivity index (χ4v) is 0.535. The van der Waals surface area contributed by atoms with E-state index in [0.717, 1.165) is 5.69 Å². The summed E-state index contributed by atoms with van der Waals surface area (Å²) in [6, 6.07) is 0. The molecule has 1 aromatic heterocycles. The predicted molar refractivity (Wildman–Crippen MR) is 36.2 cm³/mol. The minimum Gasteiger partial charge on any atom is -0.405 e. The molecule has 1 rings (SSSR count). The van der Waals surface area contributed by atoms with Crippen molar-refractivity contribution in [2.24, 2.45) is 5.73 Å². The van der Waals surface area contributed by atoms with Gasteiger partial charge in [0.05, 0.1) is 17.6 Å². The van der Waals surface area contributed by atoms with Gasteiger partial charge in [0.25, 0.3) is 0 Å². The summed E-state index contributed by atoms with van der Waals surface area (Å²) in [6.07, 6.45) is 4.60. The van der Waals surface area contributed by atoms with Gasteiger partial charge in [0, 0.05) is 0 Å². The predicted octanol–water partition coefficient (Wildman–Crippen LogP) is -0.0787. The summed E-state index contributed by atoms with van der Waals surface area (Å²) in [6.45, 7) is 0. The summed E-state index contributed by atoms with van der Waals surface area (Å²) >= 11 is 0. The van der Waals surface area contributed by atoms with Crippen LogP contribution in [0, 0.1) is 0 Å². The molecule has 0 saturated heterocycles. The van der Waals surface area contributed by atoms with Crippen molar-refractivity contribution in [3.8, 4) is 0 Å². The molecular formula is C5H8N4. The zero-order chi connectivity index (χ0) is 6.69. The number of nitrogens with zero attached hydrogens (tertiary/aromatic N) is 1. The second-order valence-electron chi connectivity index (χ2n) is 1.60. The van der Waals surface area contributed by atoms with Gasteiger partial charge in [-0.05, 0) is 12.3 Å². The first kappa shape index (κ1) is 5.68. The molecule has 0 aliphatic carbocycles. The lowest BCUT2D eigenvalue weighted by atomic mass is 10.4. The number of hydrogen-bond donors (Lipinski definition) is 3. The fourth-order valence-electron chi connectivity index (χ4n) is 0.535. The normalized spacial score (nSPS) is 10.7. The van der Waals surface area contributed by atoms with Crippen LogP contribution in [0.2, 0.25) is 0 Å². The Bertz CT molecular complexity index is 212. The SMILES string of the molecule is N/C=C\c1[nH]ncc1N. The molecule has 1 aromatic rings. The van der Waals surface area contributed by atoms with E-state index in [0.29, 0.717) is 5.69 Å². The molecular weight excluding hydrogens is 116 g/mol. The van der Waals surface area contributed by atoms with Crippen LogP contribution in [0.25, 0.3) is 6.08 Å². The lowest BCUT2D eigenvalue weighted by Crippen LogP contribution is -1.85. The van der Waals surface area contributed by atoms with Crippen molar-refractivity contribution in [2.45, 2.75) is 0 Å². The molecule has 4 nitrogen and oxygen atoms in total. The van der Waals surface area contributed by atoms with Gasteiger partial charge in [0.15, 0.2) is 0 Å². The average Bonchev–Trinajstić information content (AvgIpc) is 2.18. The topological polar surface area (TPSA) is 80.7 Å². The number of rotatable bonds is 1. The van der Waals surface area contributed by atoms with Crippen LogP contribution in [0.1, 0.15) is 5.69 Å². The number of aromatic nitrogens is 2. The highest BCUT2D eigenvalue weighted by atomic mass is 15.1. The van der Waals surface area contributed by atoms with Gasteiger partial charge in [-0.25, -0.2) is 0 Å². The van der Waals surface area contributed by atoms with Crippen molar-refractivity contribution in [1.82, 2.24) is 10.2 Å². The van der Waals surface area contributed by atoms with Crippen LogP contribution in [-0.4, -0.2) is 10.2 Å². The number of nitrogens with one attached hydrogen (secondary N) is 1. The van der Waals surface area contributed by atoms with Gasteiger partial charge in [0.2, 0.25) is 0 Å². The van der Waals surface area contributed by atoms with Crippen molar-refractivity contribution in [2.75, 3.05) is 5.73 Å². The molecule has 9 heavy (non-hydrogen) atoms. The van der Waals surface area contributed by atoms with Gasteiger partial charge in [-0.15, -0.1) is 0 Å². The number of H-pyrrole nitrogens is 1. The molecule has 0 saturated carbocycles. The Morgan fingerprint density at radius 1 is 1.67 bits per heavy atom. The summed E-state index contributed by atoms with van der Waals surface area (Å²) in [5, 5.41) is 6.35. The minimum atomic E-state index is 0.608. The highest BCUT2D eigenvalue weighted by molar-refractivity contribution is 5.58. The van der Waals surface area contributed by atoms with E-state index in [9.17, 15) is 0 Å². The molecule has 0 spiro atoms. The van der Waals surface area contributed by atoms with Crippen LogP contribution >= 0.6 is 0 Å². The Kier molecular flexibility index (Phi) is 1.40. The van der Waals surface area contributed by atoms with Gasteiger partial charge in [-0.1, -0.05) is 0 Å². The maximum atomic E-state index is 5.43. The average molecular weight is 124 g/mol. The van der Waals surface area contributed by atoms with Crippen molar-refractivity contribution in [3.63, 3.8) is 0 Å². The van der Waals surface area contributed by atoms with Crippen molar-refractivity contribution < 1.29 is 0 Å². The van der Waals surface area contributed by atoms with Crippen molar-refractivity contribution >= 4 is 11.8 Å². The Balaban J connectivity index is 2.94. The van der Waals surface area contributed by atoms with E-state index >= 15 is 0 Å². The molecule has 5 N–H and O–H groups in total. The largest absolute Gasteiger partial charge is 0.405 e. The van der Waals surface area contributed by atoms with Gasteiger partial charge in [-0.3, -0.25) is 5.10 Å². The standard InChI is InChI=1S/C5H8N4/c6-2-1-5-4(7)3-8-9-5/h1-3H,6-7H2,(H,8,9)/b2-1-. The highest BCUT2D eigenvalue weighted by Crippen LogP contribution is 2.05. The van der Waals surface area contributed by atoms with Crippen LogP contribution in [0.15, 0.2) is 12.4 Å². The van der Waals surface area contributed by atoms with E-state index in [4.69, 9.17) is 11.5 Å². The summed E-state index contributed by atoms with van der Waals surface area (Å²) in [7, 11) is 0. The second kappa shape index (κ2) is 2.21. The summed E-state index contributed by atoms with van der Waals surface area (Å²) < 4.78 is 0. The quantitative estimate of drug-likeness (QED) is 0.490. The van der Waals surface area contributed by atoms with E-state index < -0.39 is 0 Å². The monoisotopic (exact) mass is 124 g/mol. The molecule has 0 aliphatic rings. The van der Waals surface area contributed by atoms with Crippen LogP contribution in [-0.2, 0) is 0 Å². The fraction of sp³-hybridized carbons (Fsp3) is 0. The van der Waals surface area contributed by atoms with E-state index in [1.165, 1.54) is 12.4 Å². The molecule has 0 aromatic carbocycles. The zero-order valence-corrected chi connectivity index (χ0v) is 4.83. The molecule has 48 valence electrons. The van der Waals surface area contributed by atoms with E-state index in [1.54, 1.807) is 6.08 Å². The maximum absolute atomic E-state index is 5.43. The van der Waals surface area contributed by atoms with Crippen LogP contribution in [0.4, 0.5) is 5.69 Å². The molecule has 0 radical (unpaired) electrons. The lowest BCUT2D eigenvalue weighted by molar-refractivity contribution is 1.08. The summed E-state index contributed by atoms with van der Waals surface area (Å²) in [5.41, 5.74) is 11.9.